The van der Waals surface area contributed by atoms with Gasteiger partial charge in [-0.1, -0.05) is 63.2 Å². The Morgan fingerprint density at radius 3 is 2.65 bits per heavy atom. The lowest BCUT2D eigenvalue weighted by molar-refractivity contribution is 0.150. The molecule has 1 nitrogen and oxygen atoms in total. The third kappa shape index (κ3) is 5.58. The van der Waals surface area contributed by atoms with Crippen LogP contribution in [-0.4, -0.2) is 24.5 Å². The Hall–Kier alpha value is -1.34. The van der Waals surface area contributed by atoms with Crippen LogP contribution in [0.2, 0.25) is 0 Å². The molecule has 0 aromatic heterocycles. The predicted octanol–water partition coefficient (Wildman–Crippen LogP) is 6.56. The van der Waals surface area contributed by atoms with E-state index in [0.717, 1.165) is 17.8 Å². The van der Waals surface area contributed by atoms with Crippen molar-refractivity contribution < 1.29 is 0 Å². The van der Waals surface area contributed by atoms with E-state index in [0.29, 0.717) is 0 Å². The Morgan fingerprint density at radius 1 is 1.00 bits per heavy atom. The van der Waals surface area contributed by atoms with Crippen LogP contribution in [0.5, 0.6) is 0 Å². The van der Waals surface area contributed by atoms with Crippen molar-refractivity contribution >= 4 is 10.8 Å². The van der Waals surface area contributed by atoms with Gasteiger partial charge in [0.2, 0.25) is 0 Å². The van der Waals surface area contributed by atoms with Crippen molar-refractivity contribution in [2.75, 3.05) is 19.6 Å². The molecular formula is C25H37N. The normalized spacial score (nSPS) is 19.9. The van der Waals surface area contributed by atoms with Crippen LogP contribution < -0.4 is 0 Å². The molecule has 2 atom stereocenters. The average Bonchev–Trinajstić information content (AvgIpc) is 2.65. The molecule has 1 heterocycles. The Balaban J connectivity index is 1.48. The molecular weight excluding hydrogens is 314 g/mol. The number of nitrogens with zero attached hydrogens (tertiary/aromatic N) is 1. The van der Waals surface area contributed by atoms with Crippen molar-refractivity contribution in [3.8, 4) is 0 Å². The fourth-order valence-electron chi connectivity index (χ4n) is 4.59. The summed E-state index contributed by atoms with van der Waals surface area (Å²) in [6.07, 6.45) is 8.13. The van der Waals surface area contributed by atoms with Gasteiger partial charge in [0.15, 0.2) is 0 Å². The first kappa shape index (κ1) is 19.4. The molecule has 2 unspecified atom stereocenters. The maximum absolute atomic E-state index is 2.73. The number of hydrogen-bond donors (Lipinski definition) is 0. The Bertz CT molecular complexity index is 669. The highest BCUT2D eigenvalue weighted by Gasteiger charge is 2.21. The molecule has 0 spiro atoms. The molecule has 3 rings (SSSR count). The summed E-state index contributed by atoms with van der Waals surface area (Å²) in [7, 11) is 0. The highest BCUT2D eigenvalue weighted by atomic mass is 15.1. The van der Waals surface area contributed by atoms with Crippen molar-refractivity contribution in [1.82, 2.24) is 4.90 Å². The first-order valence-corrected chi connectivity index (χ1v) is 10.8. The maximum atomic E-state index is 2.73. The number of fused-ring (bicyclic) bond motifs is 1. The first-order chi connectivity index (χ1) is 12.6. The standard InChI is InChI=1S/C25H37N/c1-20(2)15-17-26-16-7-8-22(19-26)18-21(3)13-14-24-11-6-10-23-9-4-5-12-25(23)24/h4-6,9-12,20-22H,7-8,13-19H2,1-3H3. The molecule has 2 aromatic carbocycles. The lowest BCUT2D eigenvalue weighted by Crippen LogP contribution is -2.37. The van der Waals surface area contributed by atoms with Gasteiger partial charge in [0.1, 0.15) is 0 Å². The molecule has 0 radical (unpaired) electrons. The molecule has 0 aliphatic carbocycles. The van der Waals surface area contributed by atoms with E-state index in [2.05, 4.69) is 68.1 Å². The monoisotopic (exact) mass is 351 g/mol. The average molecular weight is 352 g/mol. The largest absolute Gasteiger partial charge is 0.303 e. The molecule has 1 saturated heterocycles. The summed E-state index contributed by atoms with van der Waals surface area (Å²) in [5.41, 5.74) is 1.53. The summed E-state index contributed by atoms with van der Waals surface area (Å²) in [5, 5.41) is 2.82. The molecule has 142 valence electrons. The SMILES string of the molecule is CC(C)CCN1CCCC(CC(C)CCc2cccc3ccccc23)C1. The predicted molar refractivity (Wildman–Crippen MR) is 115 cm³/mol. The maximum Gasteiger partial charge on any atom is 0.000977 e. The van der Waals surface area contributed by atoms with E-state index >= 15 is 0 Å². The van der Waals surface area contributed by atoms with Gasteiger partial charge in [0, 0.05) is 6.54 Å². The molecule has 0 bridgehead atoms. The van der Waals surface area contributed by atoms with Crippen LogP contribution in [0.25, 0.3) is 10.8 Å². The third-order valence-corrected chi connectivity index (χ3v) is 6.15. The highest BCUT2D eigenvalue weighted by Crippen LogP contribution is 2.27. The number of aryl methyl sites for hydroxylation is 1. The van der Waals surface area contributed by atoms with Gasteiger partial charge in [0.25, 0.3) is 0 Å². The van der Waals surface area contributed by atoms with Gasteiger partial charge in [0.05, 0.1) is 0 Å². The van der Waals surface area contributed by atoms with Crippen molar-refractivity contribution in [1.29, 1.82) is 0 Å². The zero-order valence-corrected chi connectivity index (χ0v) is 17.1. The second kappa shape index (κ2) is 9.55. The van der Waals surface area contributed by atoms with E-state index < -0.39 is 0 Å². The van der Waals surface area contributed by atoms with Gasteiger partial charge in [-0.3, -0.25) is 0 Å². The van der Waals surface area contributed by atoms with Crippen LogP contribution in [0.1, 0.15) is 58.4 Å². The van der Waals surface area contributed by atoms with Gasteiger partial charge in [-0.2, -0.15) is 0 Å². The Kier molecular flexibility index (Phi) is 7.14. The lowest BCUT2D eigenvalue weighted by Gasteiger charge is -2.34. The molecule has 0 N–H and O–H groups in total. The van der Waals surface area contributed by atoms with Crippen LogP contribution in [0.15, 0.2) is 42.5 Å². The van der Waals surface area contributed by atoms with Crippen molar-refractivity contribution in [2.24, 2.45) is 17.8 Å². The van der Waals surface area contributed by atoms with Gasteiger partial charge in [-0.05, 0) is 85.7 Å². The molecule has 0 amide bonds. The molecule has 1 fully saturated rings. The number of hydrogen-bond acceptors (Lipinski definition) is 1. The van der Waals surface area contributed by atoms with E-state index in [-0.39, 0.29) is 0 Å². The van der Waals surface area contributed by atoms with Crippen molar-refractivity contribution in [3.05, 3.63) is 48.0 Å². The zero-order valence-electron chi connectivity index (χ0n) is 17.1. The second-order valence-corrected chi connectivity index (χ2v) is 9.01. The minimum absolute atomic E-state index is 0.823. The number of likely N-dealkylation sites (tertiary alicyclic amines) is 1. The van der Waals surface area contributed by atoms with Gasteiger partial charge in [-0.15, -0.1) is 0 Å². The molecule has 0 saturated carbocycles. The minimum atomic E-state index is 0.823. The summed E-state index contributed by atoms with van der Waals surface area (Å²) in [4.78, 5) is 2.73. The summed E-state index contributed by atoms with van der Waals surface area (Å²) in [5.74, 6) is 2.57. The smallest absolute Gasteiger partial charge is 0.000977 e. The van der Waals surface area contributed by atoms with Crippen molar-refractivity contribution in [2.45, 2.75) is 59.3 Å². The van der Waals surface area contributed by atoms with E-state index in [9.17, 15) is 0 Å². The molecule has 1 aliphatic rings. The van der Waals surface area contributed by atoms with E-state index in [1.807, 2.05) is 0 Å². The number of rotatable bonds is 8. The minimum Gasteiger partial charge on any atom is -0.303 e. The third-order valence-electron chi connectivity index (χ3n) is 6.15. The topological polar surface area (TPSA) is 3.24 Å². The van der Waals surface area contributed by atoms with E-state index in [1.165, 1.54) is 74.5 Å². The highest BCUT2D eigenvalue weighted by molar-refractivity contribution is 5.85. The van der Waals surface area contributed by atoms with Crippen LogP contribution in [0, 0.1) is 17.8 Å². The number of benzene rings is 2. The number of piperidine rings is 1. The molecule has 1 heteroatoms. The van der Waals surface area contributed by atoms with E-state index in [4.69, 9.17) is 0 Å². The van der Waals surface area contributed by atoms with Crippen LogP contribution in [0.4, 0.5) is 0 Å². The van der Waals surface area contributed by atoms with Gasteiger partial charge >= 0.3 is 0 Å². The Labute approximate surface area is 160 Å². The fraction of sp³-hybridized carbons (Fsp3) is 0.600. The van der Waals surface area contributed by atoms with Gasteiger partial charge in [-0.25, -0.2) is 0 Å². The van der Waals surface area contributed by atoms with Gasteiger partial charge < -0.3 is 4.90 Å². The quantitative estimate of drug-likeness (QED) is 0.521. The zero-order chi connectivity index (χ0) is 18.4. The van der Waals surface area contributed by atoms with Crippen LogP contribution in [0.3, 0.4) is 0 Å². The summed E-state index contributed by atoms with van der Waals surface area (Å²) < 4.78 is 0. The fourth-order valence-corrected chi connectivity index (χ4v) is 4.59. The van der Waals surface area contributed by atoms with E-state index in [1.54, 1.807) is 0 Å². The first-order valence-electron chi connectivity index (χ1n) is 10.8. The second-order valence-electron chi connectivity index (χ2n) is 9.01. The Morgan fingerprint density at radius 2 is 1.81 bits per heavy atom. The van der Waals surface area contributed by atoms with Crippen molar-refractivity contribution in [3.63, 3.8) is 0 Å². The summed E-state index contributed by atoms with van der Waals surface area (Å²) in [6.45, 7) is 11.1. The van der Waals surface area contributed by atoms with Crippen LogP contribution >= 0.6 is 0 Å². The summed E-state index contributed by atoms with van der Waals surface area (Å²) in [6, 6.07) is 15.6. The van der Waals surface area contributed by atoms with Crippen LogP contribution in [-0.2, 0) is 6.42 Å². The molecule has 2 aromatic rings. The lowest BCUT2D eigenvalue weighted by atomic mass is 9.86. The molecule has 26 heavy (non-hydrogen) atoms. The molecule has 1 aliphatic heterocycles. The summed E-state index contributed by atoms with van der Waals surface area (Å²) >= 11 is 0.